The zero-order chi connectivity index (χ0) is 27.4. The predicted octanol–water partition coefficient (Wildman–Crippen LogP) is 0.381. The molecule has 0 radical (unpaired) electrons. The maximum atomic E-state index is 14.1. The molecule has 3 heterocycles. The number of aliphatic hydroxyl groups excluding tert-OH is 2. The topological polar surface area (TPSA) is 178 Å². The van der Waals surface area contributed by atoms with Gasteiger partial charge in [0.2, 0.25) is 0 Å². The van der Waals surface area contributed by atoms with Crippen molar-refractivity contribution in [3.63, 3.8) is 0 Å². The Balaban J connectivity index is 1.76. The number of aliphatic hydroxyl groups is 2. The number of phenolic OH excluding ortho intramolecular Hbond substituents is 1. The van der Waals surface area contributed by atoms with Gasteiger partial charge in [0.05, 0.1) is 44.5 Å². The van der Waals surface area contributed by atoms with Crippen LogP contribution in [0.3, 0.4) is 0 Å². The van der Waals surface area contributed by atoms with E-state index in [0.717, 1.165) is 6.07 Å². The lowest BCUT2D eigenvalue weighted by atomic mass is 10.1. The van der Waals surface area contributed by atoms with E-state index in [-0.39, 0.29) is 48.3 Å². The number of nitrogens with two attached hydrogens (primary N) is 1. The van der Waals surface area contributed by atoms with Crippen molar-refractivity contribution < 1.29 is 24.4 Å². The zero-order valence-electron chi connectivity index (χ0n) is 21.0. The van der Waals surface area contributed by atoms with Crippen LogP contribution in [0.4, 0.5) is 10.2 Å². The van der Waals surface area contributed by atoms with Gasteiger partial charge in [-0.3, -0.25) is 9.69 Å². The predicted molar refractivity (Wildman–Crippen MR) is 136 cm³/mol. The van der Waals surface area contributed by atoms with Crippen molar-refractivity contribution in [3.8, 4) is 22.8 Å². The van der Waals surface area contributed by atoms with Gasteiger partial charge >= 0.3 is 5.56 Å². The highest BCUT2D eigenvalue weighted by atomic mass is 19.1. The second-order valence-corrected chi connectivity index (χ2v) is 8.58. The Labute approximate surface area is 216 Å². The van der Waals surface area contributed by atoms with Crippen molar-refractivity contribution in [1.29, 1.82) is 0 Å². The van der Waals surface area contributed by atoms with Crippen molar-refractivity contribution in [2.24, 2.45) is 0 Å². The van der Waals surface area contributed by atoms with Crippen LogP contribution in [0.1, 0.15) is 18.5 Å². The normalized spacial score (nSPS) is 12.4. The summed E-state index contributed by atoms with van der Waals surface area (Å²) in [5, 5.41) is 37.6. The first kappa shape index (κ1) is 26.9. The summed E-state index contributed by atoms with van der Waals surface area (Å²) in [6.07, 6.45) is 2.77. The number of aromatic hydroxyl groups is 1. The first-order valence-electron chi connectivity index (χ1n) is 11.9. The minimum absolute atomic E-state index is 0.0546. The van der Waals surface area contributed by atoms with E-state index in [1.54, 1.807) is 6.92 Å². The van der Waals surface area contributed by atoms with E-state index in [1.165, 1.54) is 41.1 Å². The van der Waals surface area contributed by atoms with Gasteiger partial charge in [-0.2, -0.15) is 10.2 Å². The molecule has 4 aromatic rings. The number of phenols is 1. The van der Waals surface area contributed by atoms with Crippen LogP contribution in [0, 0.1) is 5.82 Å². The Morgan fingerprint density at radius 2 is 1.89 bits per heavy atom. The van der Waals surface area contributed by atoms with Gasteiger partial charge in [-0.25, -0.2) is 23.7 Å². The van der Waals surface area contributed by atoms with Gasteiger partial charge in [0, 0.05) is 36.8 Å². The Morgan fingerprint density at radius 3 is 2.55 bits per heavy atom. The minimum atomic E-state index is -0.655. The number of fused-ring (bicyclic) bond motifs is 1. The molecule has 1 aromatic carbocycles. The molecule has 0 unspecified atom stereocenters. The molecule has 0 saturated carbocycles. The first-order chi connectivity index (χ1) is 18.3. The second-order valence-electron chi connectivity index (χ2n) is 8.58. The SMILES string of the molecule is COc1c([C@H](C)n2nc(-c3cc(O)cc(F)c3)c3c(N)ncnc32)cnn(CCN(CCO)CCO)c1=O. The quantitative estimate of drug-likeness (QED) is 0.212. The van der Waals surface area contributed by atoms with Gasteiger partial charge in [0.1, 0.15) is 29.4 Å². The minimum Gasteiger partial charge on any atom is -0.508 e. The van der Waals surface area contributed by atoms with E-state index >= 15 is 0 Å². The van der Waals surface area contributed by atoms with Crippen LogP contribution >= 0.6 is 0 Å². The van der Waals surface area contributed by atoms with Crippen LogP contribution in [-0.4, -0.2) is 89.7 Å². The van der Waals surface area contributed by atoms with Gasteiger partial charge in [-0.15, -0.1) is 0 Å². The van der Waals surface area contributed by atoms with E-state index < -0.39 is 17.4 Å². The summed E-state index contributed by atoms with van der Waals surface area (Å²) >= 11 is 0. The van der Waals surface area contributed by atoms with E-state index in [1.807, 2.05) is 4.90 Å². The summed E-state index contributed by atoms with van der Waals surface area (Å²) in [4.78, 5) is 23.4. The molecule has 202 valence electrons. The fraction of sp³-hybridized carbons (Fsp3) is 0.375. The molecule has 1 atom stereocenters. The molecule has 14 heteroatoms. The fourth-order valence-electron chi connectivity index (χ4n) is 4.31. The molecule has 4 rings (SSSR count). The molecule has 0 bridgehead atoms. The summed E-state index contributed by atoms with van der Waals surface area (Å²) in [5.41, 5.74) is 6.96. The van der Waals surface area contributed by atoms with E-state index in [2.05, 4.69) is 20.2 Å². The van der Waals surface area contributed by atoms with E-state index in [9.17, 15) is 24.5 Å². The number of nitrogens with zero attached hydrogens (tertiary/aromatic N) is 7. The Hall–Kier alpha value is -4.14. The lowest BCUT2D eigenvalue weighted by Crippen LogP contribution is -2.36. The largest absolute Gasteiger partial charge is 0.508 e. The van der Waals surface area contributed by atoms with Crippen molar-refractivity contribution in [1.82, 2.24) is 34.4 Å². The smallest absolute Gasteiger partial charge is 0.309 e. The Kier molecular flexibility index (Phi) is 8.14. The standard InChI is InChI=1S/C24H29FN8O5/c1-14(18-12-29-32(24(37)21(18)38-2)4-3-31(5-7-34)6-8-35)33-23-19(22(26)27-13-28-23)20(30-33)15-9-16(25)11-17(36)10-15/h9-14,34-36H,3-8H2,1-2H3,(H2,26,27,28)/t14-/m0/s1. The number of halogens is 1. The number of hydrogen-bond donors (Lipinski definition) is 4. The van der Waals surface area contributed by atoms with Crippen LogP contribution in [-0.2, 0) is 6.54 Å². The van der Waals surface area contributed by atoms with Crippen molar-refractivity contribution in [2.45, 2.75) is 19.5 Å². The number of anilines is 1. The number of hydrogen-bond acceptors (Lipinski definition) is 11. The monoisotopic (exact) mass is 528 g/mol. The van der Waals surface area contributed by atoms with Crippen molar-refractivity contribution >= 4 is 16.9 Å². The van der Waals surface area contributed by atoms with Gasteiger partial charge in [-0.05, 0) is 19.1 Å². The second kappa shape index (κ2) is 11.5. The molecule has 0 spiro atoms. The highest BCUT2D eigenvalue weighted by molar-refractivity contribution is 5.98. The van der Waals surface area contributed by atoms with E-state index in [4.69, 9.17) is 10.5 Å². The molecular weight excluding hydrogens is 499 g/mol. The van der Waals surface area contributed by atoms with Crippen LogP contribution in [0.2, 0.25) is 0 Å². The molecule has 0 amide bonds. The molecular formula is C24H29FN8O5. The van der Waals surface area contributed by atoms with Crippen LogP contribution in [0.5, 0.6) is 11.5 Å². The van der Waals surface area contributed by atoms with Crippen LogP contribution in [0.25, 0.3) is 22.3 Å². The summed E-state index contributed by atoms with van der Waals surface area (Å²) in [5.74, 6) is -0.767. The average Bonchev–Trinajstić information content (AvgIpc) is 3.28. The molecule has 0 fully saturated rings. The number of methoxy groups -OCH3 is 1. The summed E-state index contributed by atoms with van der Waals surface area (Å²) < 4.78 is 22.3. The number of aromatic nitrogens is 6. The molecule has 13 nitrogen and oxygen atoms in total. The third-order valence-electron chi connectivity index (χ3n) is 6.18. The van der Waals surface area contributed by atoms with Crippen molar-refractivity contribution in [2.75, 3.05) is 45.7 Å². The third-order valence-corrected chi connectivity index (χ3v) is 6.18. The highest BCUT2D eigenvalue weighted by Gasteiger charge is 2.25. The summed E-state index contributed by atoms with van der Waals surface area (Å²) in [6.45, 7) is 2.91. The number of ether oxygens (including phenoxy) is 1. The van der Waals surface area contributed by atoms with Crippen molar-refractivity contribution in [3.05, 3.63) is 52.5 Å². The van der Waals surface area contributed by atoms with Gasteiger partial charge < -0.3 is 25.8 Å². The lowest BCUT2D eigenvalue weighted by Gasteiger charge is -2.21. The fourth-order valence-corrected chi connectivity index (χ4v) is 4.31. The molecule has 0 saturated heterocycles. The summed E-state index contributed by atoms with van der Waals surface area (Å²) in [7, 11) is 1.38. The maximum absolute atomic E-state index is 14.1. The van der Waals surface area contributed by atoms with E-state index in [0.29, 0.717) is 36.2 Å². The molecule has 38 heavy (non-hydrogen) atoms. The van der Waals surface area contributed by atoms with Gasteiger partial charge in [0.25, 0.3) is 0 Å². The maximum Gasteiger partial charge on any atom is 0.309 e. The number of nitrogen functional groups attached to an aromatic ring is 1. The van der Waals surface area contributed by atoms with Gasteiger partial charge in [0.15, 0.2) is 11.4 Å². The zero-order valence-corrected chi connectivity index (χ0v) is 21.0. The molecule has 5 N–H and O–H groups in total. The molecule has 3 aromatic heterocycles. The number of benzene rings is 1. The first-order valence-corrected chi connectivity index (χ1v) is 11.9. The van der Waals surface area contributed by atoms with Crippen LogP contribution in [0.15, 0.2) is 35.5 Å². The molecule has 0 aliphatic rings. The van der Waals surface area contributed by atoms with Crippen LogP contribution < -0.4 is 16.0 Å². The average molecular weight is 529 g/mol. The number of rotatable bonds is 11. The third kappa shape index (κ3) is 5.27. The molecule has 0 aliphatic carbocycles. The van der Waals surface area contributed by atoms with Gasteiger partial charge in [-0.1, -0.05) is 0 Å². The highest BCUT2D eigenvalue weighted by Crippen LogP contribution is 2.35. The lowest BCUT2D eigenvalue weighted by molar-refractivity contribution is 0.155. The Bertz CT molecular complexity index is 1460. The summed E-state index contributed by atoms with van der Waals surface area (Å²) in [6, 6.07) is 2.92. The molecule has 0 aliphatic heterocycles. The Morgan fingerprint density at radius 1 is 1.16 bits per heavy atom.